The lowest BCUT2D eigenvalue weighted by Gasteiger charge is -2.10. The minimum absolute atomic E-state index is 0.376. The van der Waals surface area contributed by atoms with Gasteiger partial charge in [-0.25, -0.2) is 4.98 Å². The van der Waals surface area contributed by atoms with Gasteiger partial charge in [-0.05, 0) is 25.3 Å². The van der Waals surface area contributed by atoms with E-state index in [4.69, 9.17) is 0 Å². The van der Waals surface area contributed by atoms with E-state index in [9.17, 15) is 0 Å². The van der Waals surface area contributed by atoms with E-state index in [1.807, 2.05) is 0 Å². The van der Waals surface area contributed by atoms with Gasteiger partial charge in [-0.2, -0.15) is 0 Å². The largest absolute Gasteiger partial charge is 0.314 e. The van der Waals surface area contributed by atoms with Crippen LogP contribution in [0.15, 0.2) is 29.2 Å². The van der Waals surface area contributed by atoms with Crippen LogP contribution in [-0.2, 0) is 13.1 Å². The first-order valence-electron chi connectivity index (χ1n) is 6.81. The second-order valence-electron chi connectivity index (χ2n) is 4.97. The van der Waals surface area contributed by atoms with E-state index in [-0.39, 0.29) is 0 Å². The molecule has 3 rings (SSSR count). The van der Waals surface area contributed by atoms with Crippen LogP contribution >= 0.6 is 22.7 Å². The highest BCUT2D eigenvalue weighted by atomic mass is 32.1. The van der Waals surface area contributed by atoms with E-state index in [0.717, 1.165) is 23.1 Å². The molecule has 0 aliphatic heterocycles. The van der Waals surface area contributed by atoms with Gasteiger partial charge in [0.05, 0.1) is 17.1 Å². The van der Waals surface area contributed by atoms with Crippen LogP contribution in [0.25, 0.3) is 9.88 Å². The first kappa shape index (κ1) is 14.4. The summed E-state index contributed by atoms with van der Waals surface area (Å²) >= 11 is 3.41. The molecule has 3 heterocycles. The minimum Gasteiger partial charge on any atom is -0.314 e. The lowest BCUT2D eigenvalue weighted by Crippen LogP contribution is -2.17. The van der Waals surface area contributed by atoms with Crippen molar-refractivity contribution in [3.05, 3.63) is 40.7 Å². The number of thiophene rings is 1. The zero-order valence-corrected chi connectivity index (χ0v) is 13.6. The molecule has 0 radical (unpaired) electrons. The zero-order chi connectivity index (χ0) is 14.7. The van der Waals surface area contributed by atoms with Gasteiger partial charge in [0.15, 0.2) is 0 Å². The molecule has 0 bridgehead atoms. The summed E-state index contributed by atoms with van der Waals surface area (Å²) in [4.78, 5) is 5.88. The summed E-state index contributed by atoms with van der Waals surface area (Å²) in [5.41, 5.74) is 1.07. The topological polar surface area (TPSA) is 55.6 Å². The molecular weight excluding hydrogens is 302 g/mol. The van der Waals surface area contributed by atoms with Gasteiger partial charge in [-0.3, -0.25) is 0 Å². The summed E-state index contributed by atoms with van der Waals surface area (Å²) in [7, 11) is 0. The van der Waals surface area contributed by atoms with Crippen LogP contribution in [0.5, 0.6) is 0 Å². The second-order valence-corrected chi connectivity index (χ2v) is 6.78. The predicted octanol–water partition coefficient (Wildman–Crippen LogP) is 3.33. The van der Waals surface area contributed by atoms with E-state index in [0.29, 0.717) is 12.6 Å². The number of hydrogen-bond acceptors (Lipinski definition) is 6. The van der Waals surface area contributed by atoms with Crippen molar-refractivity contribution in [1.29, 1.82) is 0 Å². The lowest BCUT2D eigenvalue weighted by atomic mass is 10.4. The molecule has 3 aromatic rings. The lowest BCUT2D eigenvalue weighted by molar-refractivity contribution is 0.540. The monoisotopic (exact) mass is 319 g/mol. The van der Waals surface area contributed by atoms with Crippen LogP contribution in [0.4, 0.5) is 0 Å². The molecule has 0 aliphatic rings. The van der Waals surface area contributed by atoms with Gasteiger partial charge < -0.3 is 9.88 Å². The van der Waals surface area contributed by atoms with E-state index in [2.05, 4.69) is 61.8 Å². The highest BCUT2D eigenvalue weighted by Crippen LogP contribution is 2.27. The summed E-state index contributed by atoms with van der Waals surface area (Å²) in [6.07, 6.45) is 1.78. The normalized spacial score (nSPS) is 11.4. The number of hydrogen-bond donors (Lipinski definition) is 1. The van der Waals surface area contributed by atoms with Crippen molar-refractivity contribution in [2.24, 2.45) is 0 Å². The number of thiazole rings is 1. The molecule has 0 unspecified atom stereocenters. The van der Waals surface area contributed by atoms with Gasteiger partial charge in [-0.1, -0.05) is 6.07 Å². The summed E-state index contributed by atoms with van der Waals surface area (Å²) in [5.74, 6) is 0.957. The number of nitrogens with zero attached hydrogens (tertiary/aromatic N) is 4. The molecule has 110 valence electrons. The third kappa shape index (κ3) is 3.37. The highest BCUT2D eigenvalue weighted by molar-refractivity contribution is 7.20. The fourth-order valence-corrected chi connectivity index (χ4v) is 3.66. The Labute approximate surface area is 131 Å². The first-order chi connectivity index (χ1) is 10.2. The van der Waals surface area contributed by atoms with Gasteiger partial charge in [0.25, 0.3) is 0 Å². The Morgan fingerprint density at radius 2 is 2.19 bits per heavy atom. The van der Waals surface area contributed by atoms with Crippen molar-refractivity contribution in [2.75, 3.05) is 0 Å². The number of aromatic nitrogens is 4. The number of rotatable bonds is 6. The van der Waals surface area contributed by atoms with Crippen molar-refractivity contribution in [1.82, 2.24) is 25.1 Å². The molecule has 5 nitrogen and oxygen atoms in total. The maximum absolute atomic E-state index is 4.65. The molecule has 21 heavy (non-hydrogen) atoms. The standard InChI is InChI=1S/C14H17N5S2/c1-10(2)19-9-16-18-13(19)7-15-6-11-8-21-14(17-11)12-4-3-5-20-12/h3-5,8-10,15H,6-7H2,1-2H3. The molecule has 0 atom stereocenters. The highest BCUT2D eigenvalue weighted by Gasteiger charge is 2.08. The predicted molar refractivity (Wildman–Crippen MR) is 86.4 cm³/mol. The van der Waals surface area contributed by atoms with Crippen LogP contribution in [0.1, 0.15) is 31.4 Å². The van der Waals surface area contributed by atoms with Crippen molar-refractivity contribution < 1.29 is 0 Å². The Kier molecular flexibility index (Phi) is 4.42. The first-order valence-corrected chi connectivity index (χ1v) is 8.57. The SMILES string of the molecule is CC(C)n1cnnc1CNCc1csc(-c2cccs2)n1. The van der Waals surface area contributed by atoms with Crippen molar-refractivity contribution in [2.45, 2.75) is 33.0 Å². The maximum Gasteiger partial charge on any atom is 0.147 e. The molecule has 0 aromatic carbocycles. The van der Waals surface area contributed by atoms with Crippen LogP contribution in [-0.4, -0.2) is 19.7 Å². The van der Waals surface area contributed by atoms with Crippen LogP contribution < -0.4 is 5.32 Å². The Morgan fingerprint density at radius 1 is 1.29 bits per heavy atom. The average molecular weight is 319 g/mol. The third-order valence-corrected chi connectivity index (χ3v) is 5.01. The smallest absolute Gasteiger partial charge is 0.147 e. The quantitative estimate of drug-likeness (QED) is 0.757. The van der Waals surface area contributed by atoms with Crippen molar-refractivity contribution >= 4 is 22.7 Å². The van der Waals surface area contributed by atoms with E-state index in [1.54, 1.807) is 29.0 Å². The third-order valence-electron chi connectivity index (χ3n) is 3.08. The molecule has 0 fully saturated rings. The minimum atomic E-state index is 0.376. The average Bonchev–Trinajstić information content (AvgIpc) is 3.20. The molecule has 0 saturated heterocycles. The molecular formula is C14H17N5S2. The van der Waals surface area contributed by atoms with E-state index in [1.165, 1.54) is 4.88 Å². The van der Waals surface area contributed by atoms with E-state index >= 15 is 0 Å². The van der Waals surface area contributed by atoms with Crippen LogP contribution in [0.2, 0.25) is 0 Å². The summed E-state index contributed by atoms with van der Waals surface area (Å²) in [5, 5.41) is 16.8. The molecule has 0 amide bonds. The molecule has 7 heteroatoms. The fraction of sp³-hybridized carbons (Fsp3) is 0.357. The molecule has 0 spiro atoms. The van der Waals surface area contributed by atoms with Gasteiger partial charge in [0, 0.05) is 18.0 Å². The maximum atomic E-state index is 4.65. The van der Waals surface area contributed by atoms with Crippen molar-refractivity contribution in [3.8, 4) is 9.88 Å². The van der Waals surface area contributed by atoms with Gasteiger partial charge in [-0.15, -0.1) is 32.9 Å². The zero-order valence-electron chi connectivity index (χ0n) is 12.0. The molecule has 1 N–H and O–H groups in total. The Morgan fingerprint density at radius 3 is 2.95 bits per heavy atom. The van der Waals surface area contributed by atoms with Crippen molar-refractivity contribution in [3.63, 3.8) is 0 Å². The fourth-order valence-electron chi connectivity index (χ4n) is 2.03. The Bertz CT molecular complexity index is 684. The number of nitrogens with one attached hydrogen (secondary N) is 1. The molecule has 0 aliphatic carbocycles. The second kappa shape index (κ2) is 6.46. The van der Waals surface area contributed by atoms with E-state index < -0.39 is 0 Å². The van der Waals surface area contributed by atoms with Gasteiger partial charge in [0.2, 0.25) is 0 Å². The molecule has 3 aromatic heterocycles. The molecule has 0 saturated carbocycles. The van der Waals surface area contributed by atoms with Crippen LogP contribution in [0.3, 0.4) is 0 Å². The van der Waals surface area contributed by atoms with Gasteiger partial charge in [0.1, 0.15) is 17.2 Å². The summed E-state index contributed by atoms with van der Waals surface area (Å²) < 4.78 is 2.07. The summed E-state index contributed by atoms with van der Waals surface area (Å²) in [6.45, 7) is 5.69. The Hall–Kier alpha value is -1.57. The summed E-state index contributed by atoms with van der Waals surface area (Å²) in [6, 6.07) is 4.53. The van der Waals surface area contributed by atoms with Crippen LogP contribution in [0, 0.1) is 0 Å². The Balaban J connectivity index is 1.57. The van der Waals surface area contributed by atoms with Gasteiger partial charge >= 0.3 is 0 Å².